The Morgan fingerprint density at radius 1 is 0.952 bits per heavy atom. The monoisotopic (exact) mass is 293 g/mol. The first-order chi connectivity index (χ1) is 10.3. The molecule has 3 nitrogen and oxygen atoms in total. The zero-order valence-electron chi connectivity index (χ0n) is 11.5. The number of nitrogens with one attached hydrogen (secondary N) is 1. The van der Waals surface area contributed by atoms with Crippen molar-refractivity contribution in [3.05, 3.63) is 76.8 Å². The summed E-state index contributed by atoms with van der Waals surface area (Å²) < 4.78 is 2.72. The molecular formula is C17H15N3S. The smallest absolute Gasteiger partial charge is 0.199 e. The third kappa shape index (κ3) is 1.94. The molecule has 0 bridgehead atoms. The summed E-state index contributed by atoms with van der Waals surface area (Å²) >= 11 is 5.45. The number of aromatic amines is 1. The van der Waals surface area contributed by atoms with Crippen LogP contribution in [0.3, 0.4) is 0 Å². The van der Waals surface area contributed by atoms with E-state index in [4.69, 9.17) is 12.2 Å². The topological polar surface area (TPSA) is 33.6 Å². The van der Waals surface area contributed by atoms with Gasteiger partial charge in [-0.2, -0.15) is 5.10 Å². The second-order valence-corrected chi connectivity index (χ2v) is 5.86. The number of rotatable bonds is 3. The maximum atomic E-state index is 5.45. The van der Waals surface area contributed by atoms with E-state index in [0.29, 0.717) is 4.77 Å². The summed E-state index contributed by atoms with van der Waals surface area (Å²) in [5, 5.41) is 7.52. The van der Waals surface area contributed by atoms with Crippen LogP contribution >= 0.6 is 12.2 Å². The maximum absolute atomic E-state index is 5.45. The van der Waals surface area contributed by atoms with Gasteiger partial charge in [0, 0.05) is 5.69 Å². The van der Waals surface area contributed by atoms with Crippen molar-refractivity contribution in [2.24, 2.45) is 0 Å². The molecule has 0 unspecified atom stereocenters. The van der Waals surface area contributed by atoms with Gasteiger partial charge in [0.15, 0.2) is 4.77 Å². The molecule has 1 heterocycles. The van der Waals surface area contributed by atoms with Gasteiger partial charge >= 0.3 is 0 Å². The van der Waals surface area contributed by atoms with Crippen molar-refractivity contribution in [3.8, 4) is 5.69 Å². The van der Waals surface area contributed by atoms with E-state index >= 15 is 0 Å². The lowest BCUT2D eigenvalue weighted by atomic mass is 9.95. The number of hydrogen-bond acceptors (Lipinski definition) is 2. The predicted molar refractivity (Wildman–Crippen MR) is 85.2 cm³/mol. The van der Waals surface area contributed by atoms with Gasteiger partial charge < -0.3 is 0 Å². The molecule has 2 aromatic carbocycles. The molecule has 0 amide bonds. The molecule has 1 N–H and O–H groups in total. The number of hydrogen-bond donors (Lipinski definition) is 1. The normalized spacial score (nSPS) is 15.8. The Labute approximate surface area is 128 Å². The Bertz CT molecular complexity index is 814. The summed E-state index contributed by atoms with van der Waals surface area (Å²) in [6, 6.07) is 20.8. The highest BCUT2D eigenvalue weighted by atomic mass is 32.1. The molecule has 0 atom stereocenters. The lowest BCUT2D eigenvalue weighted by Gasteiger charge is -2.16. The minimum absolute atomic E-state index is 0.00462. The Morgan fingerprint density at radius 3 is 2.19 bits per heavy atom. The van der Waals surface area contributed by atoms with Crippen molar-refractivity contribution < 1.29 is 0 Å². The highest BCUT2D eigenvalue weighted by molar-refractivity contribution is 7.71. The molecule has 0 radical (unpaired) electrons. The fourth-order valence-electron chi connectivity index (χ4n) is 2.96. The molecule has 1 fully saturated rings. The zero-order valence-corrected chi connectivity index (χ0v) is 12.3. The van der Waals surface area contributed by atoms with Gasteiger partial charge in [0.1, 0.15) is 5.82 Å². The zero-order chi connectivity index (χ0) is 14.3. The van der Waals surface area contributed by atoms with Gasteiger partial charge in [0.25, 0.3) is 0 Å². The van der Waals surface area contributed by atoms with E-state index in [1.807, 2.05) is 24.3 Å². The summed E-state index contributed by atoms with van der Waals surface area (Å²) in [4.78, 5) is 0. The fourth-order valence-corrected chi connectivity index (χ4v) is 3.20. The Balaban J connectivity index is 1.90. The number of H-pyrrole nitrogens is 1. The average molecular weight is 293 g/mol. The lowest BCUT2D eigenvalue weighted by Crippen LogP contribution is -2.15. The van der Waals surface area contributed by atoms with Crippen LogP contribution in [0.15, 0.2) is 60.7 Å². The summed E-state index contributed by atoms with van der Waals surface area (Å²) in [5.41, 5.74) is 2.38. The van der Waals surface area contributed by atoms with Crippen LogP contribution in [0.4, 0.5) is 0 Å². The van der Waals surface area contributed by atoms with Crippen molar-refractivity contribution in [2.75, 3.05) is 0 Å². The van der Waals surface area contributed by atoms with Gasteiger partial charge in [-0.1, -0.05) is 48.5 Å². The van der Waals surface area contributed by atoms with Crippen LogP contribution in [0, 0.1) is 4.77 Å². The van der Waals surface area contributed by atoms with E-state index in [0.717, 1.165) is 24.4 Å². The molecule has 104 valence electrons. The summed E-state index contributed by atoms with van der Waals surface area (Å²) in [6.07, 6.45) is 2.23. The quantitative estimate of drug-likeness (QED) is 0.740. The van der Waals surface area contributed by atoms with Crippen LogP contribution < -0.4 is 0 Å². The Kier molecular flexibility index (Phi) is 2.79. The van der Waals surface area contributed by atoms with E-state index in [2.05, 4.69) is 51.2 Å². The predicted octanol–water partition coefficient (Wildman–Crippen LogP) is 4.01. The van der Waals surface area contributed by atoms with Crippen molar-refractivity contribution >= 4 is 12.2 Å². The highest BCUT2D eigenvalue weighted by Crippen LogP contribution is 2.52. The van der Waals surface area contributed by atoms with Gasteiger partial charge in [-0.25, -0.2) is 0 Å². The van der Waals surface area contributed by atoms with Crippen LogP contribution in [0.25, 0.3) is 5.69 Å². The third-order valence-electron chi connectivity index (χ3n) is 4.19. The van der Waals surface area contributed by atoms with Gasteiger partial charge in [-0.05, 0) is 42.8 Å². The SMILES string of the molecule is S=c1[nH]nc(C2(c3ccccc3)CC2)n1-c1ccccc1. The Morgan fingerprint density at radius 2 is 1.57 bits per heavy atom. The van der Waals surface area contributed by atoms with Crippen molar-refractivity contribution in [1.29, 1.82) is 0 Å². The summed E-state index contributed by atoms with van der Waals surface area (Å²) in [6.45, 7) is 0. The molecule has 4 heteroatoms. The van der Waals surface area contributed by atoms with E-state index in [1.165, 1.54) is 5.56 Å². The van der Waals surface area contributed by atoms with Gasteiger partial charge in [-0.15, -0.1) is 0 Å². The summed E-state index contributed by atoms with van der Waals surface area (Å²) in [5.74, 6) is 1.02. The fraction of sp³-hybridized carbons (Fsp3) is 0.176. The molecule has 1 aromatic heterocycles. The lowest BCUT2D eigenvalue weighted by molar-refractivity contribution is 0.725. The van der Waals surface area contributed by atoms with Crippen LogP contribution in [0.2, 0.25) is 0 Å². The molecule has 21 heavy (non-hydrogen) atoms. The molecule has 0 aliphatic heterocycles. The molecule has 1 aliphatic rings. The molecule has 3 aromatic rings. The van der Waals surface area contributed by atoms with E-state index in [1.54, 1.807) is 0 Å². The highest BCUT2D eigenvalue weighted by Gasteiger charge is 2.49. The molecular weight excluding hydrogens is 278 g/mol. The van der Waals surface area contributed by atoms with Gasteiger partial charge in [0.05, 0.1) is 5.41 Å². The minimum atomic E-state index is 0.00462. The molecule has 1 saturated carbocycles. The van der Waals surface area contributed by atoms with Crippen LogP contribution in [0.5, 0.6) is 0 Å². The van der Waals surface area contributed by atoms with Crippen molar-refractivity contribution in [1.82, 2.24) is 14.8 Å². The van der Waals surface area contributed by atoms with E-state index in [-0.39, 0.29) is 5.41 Å². The molecule has 1 aliphatic carbocycles. The second kappa shape index (κ2) is 4.67. The Hall–Kier alpha value is -2.20. The first kappa shape index (κ1) is 12.5. The standard InChI is InChI=1S/C17H15N3S/c21-16-19-18-15(20(16)14-9-5-2-6-10-14)17(11-12-17)13-7-3-1-4-8-13/h1-10H,11-12H2,(H,19,21). The number of benzene rings is 2. The minimum Gasteiger partial charge on any atom is -0.271 e. The molecule has 4 rings (SSSR count). The number of aromatic nitrogens is 3. The van der Waals surface area contributed by atoms with Gasteiger partial charge in [0.2, 0.25) is 0 Å². The molecule has 0 spiro atoms. The maximum Gasteiger partial charge on any atom is 0.199 e. The first-order valence-electron chi connectivity index (χ1n) is 7.10. The summed E-state index contributed by atoms with van der Waals surface area (Å²) in [7, 11) is 0. The van der Waals surface area contributed by atoms with E-state index < -0.39 is 0 Å². The average Bonchev–Trinajstić information content (AvgIpc) is 3.26. The second-order valence-electron chi connectivity index (χ2n) is 5.47. The van der Waals surface area contributed by atoms with Crippen LogP contribution in [-0.2, 0) is 5.41 Å². The molecule has 0 saturated heterocycles. The van der Waals surface area contributed by atoms with E-state index in [9.17, 15) is 0 Å². The van der Waals surface area contributed by atoms with Gasteiger partial charge in [-0.3, -0.25) is 9.67 Å². The largest absolute Gasteiger partial charge is 0.271 e. The van der Waals surface area contributed by atoms with Crippen molar-refractivity contribution in [2.45, 2.75) is 18.3 Å². The number of nitrogens with zero attached hydrogens (tertiary/aromatic N) is 2. The third-order valence-corrected chi connectivity index (χ3v) is 4.47. The number of para-hydroxylation sites is 1. The van der Waals surface area contributed by atoms with Crippen molar-refractivity contribution in [3.63, 3.8) is 0 Å². The van der Waals surface area contributed by atoms with Crippen LogP contribution in [0.1, 0.15) is 24.2 Å². The van der Waals surface area contributed by atoms with Crippen LogP contribution in [-0.4, -0.2) is 14.8 Å². The first-order valence-corrected chi connectivity index (χ1v) is 7.51.